The van der Waals surface area contributed by atoms with Gasteiger partial charge in [0.1, 0.15) is 0 Å². The summed E-state index contributed by atoms with van der Waals surface area (Å²) in [5.41, 5.74) is 13.4. The number of benzene rings is 2. The van der Waals surface area contributed by atoms with Gasteiger partial charge >= 0.3 is 0 Å². The molecule has 0 atom stereocenters. The Morgan fingerprint density at radius 2 is 1.52 bits per heavy atom. The average Bonchev–Trinajstić information content (AvgIpc) is 2.69. The molecule has 2 aromatic carbocycles. The lowest BCUT2D eigenvalue weighted by Gasteiger charge is -2.09. The third-order valence-electron chi connectivity index (χ3n) is 3.25. The number of hydrogen-bond donors (Lipinski definition) is 2. The van der Waals surface area contributed by atoms with Crippen molar-refractivity contribution in [3.63, 3.8) is 0 Å². The molecule has 0 aliphatic carbocycles. The minimum Gasteiger partial charge on any atom is -0.490 e. The van der Waals surface area contributed by atoms with Crippen molar-refractivity contribution in [2.75, 3.05) is 24.7 Å². The highest BCUT2D eigenvalue weighted by Crippen LogP contribution is 2.31. The molecule has 0 aromatic heterocycles. The monoisotopic (exact) mass is 284 g/mol. The van der Waals surface area contributed by atoms with Gasteiger partial charge in [0.15, 0.2) is 17.3 Å². The molecule has 3 rings (SSSR count). The molecule has 0 saturated carbocycles. The first-order chi connectivity index (χ1) is 10.1. The minimum absolute atomic E-state index is 0.148. The first-order valence-electron chi connectivity index (χ1n) is 6.74. The molecule has 0 unspecified atom stereocenters. The van der Waals surface area contributed by atoms with Gasteiger partial charge in [0.2, 0.25) is 0 Å². The molecule has 1 aliphatic heterocycles. The Morgan fingerprint density at radius 1 is 0.857 bits per heavy atom. The van der Waals surface area contributed by atoms with Gasteiger partial charge < -0.3 is 20.9 Å². The fourth-order valence-electron chi connectivity index (χ4n) is 2.28. The minimum atomic E-state index is -0.148. The average molecular weight is 284 g/mol. The lowest BCUT2D eigenvalue weighted by atomic mass is 10.0. The van der Waals surface area contributed by atoms with E-state index in [1.165, 1.54) is 0 Å². The predicted octanol–water partition coefficient (Wildman–Crippen LogP) is 2.24. The Labute approximate surface area is 122 Å². The highest BCUT2D eigenvalue weighted by molar-refractivity contribution is 6.10. The maximum atomic E-state index is 12.5. The summed E-state index contributed by atoms with van der Waals surface area (Å²) in [7, 11) is 0. The van der Waals surface area contributed by atoms with Gasteiger partial charge in [-0.3, -0.25) is 4.79 Å². The third-order valence-corrected chi connectivity index (χ3v) is 3.25. The number of rotatable bonds is 2. The first kappa shape index (κ1) is 13.3. The molecule has 21 heavy (non-hydrogen) atoms. The molecule has 0 spiro atoms. The number of nitrogens with two attached hydrogens (primary N) is 2. The summed E-state index contributed by atoms with van der Waals surface area (Å²) >= 11 is 0. The quantitative estimate of drug-likeness (QED) is 0.652. The van der Waals surface area contributed by atoms with Crippen molar-refractivity contribution in [1.29, 1.82) is 0 Å². The van der Waals surface area contributed by atoms with Crippen LogP contribution in [0.4, 0.5) is 11.4 Å². The van der Waals surface area contributed by atoms with E-state index >= 15 is 0 Å². The van der Waals surface area contributed by atoms with Gasteiger partial charge in [0.05, 0.1) is 13.2 Å². The Hall–Kier alpha value is -2.69. The molecule has 5 nitrogen and oxygen atoms in total. The molecule has 0 saturated heterocycles. The van der Waals surface area contributed by atoms with Crippen molar-refractivity contribution in [1.82, 2.24) is 0 Å². The number of ketones is 1. The van der Waals surface area contributed by atoms with Crippen LogP contribution in [0.3, 0.4) is 0 Å². The normalized spacial score (nSPS) is 13.5. The number of ether oxygens (including phenoxy) is 2. The van der Waals surface area contributed by atoms with E-state index in [1.54, 1.807) is 36.4 Å². The van der Waals surface area contributed by atoms with Crippen LogP contribution in [-0.4, -0.2) is 19.0 Å². The van der Waals surface area contributed by atoms with Crippen LogP contribution in [0.5, 0.6) is 11.5 Å². The third kappa shape index (κ3) is 2.76. The molecule has 5 heteroatoms. The van der Waals surface area contributed by atoms with Crippen LogP contribution in [0.15, 0.2) is 36.4 Å². The molecule has 108 valence electrons. The van der Waals surface area contributed by atoms with E-state index in [-0.39, 0.29) is 5.78 Å². The van der Waals surface area contributed by atoms with E-state index in [1.807, 2.05) is 0 Å². The maximum Gasteiger partial charge on any atom is 0.193 e. The molecule has 4 N–H and O–H groups in total. The van der Waals surface area contributed by atoms with Gasteiger partial charge in [0, 0.05) is 28.9 Å². The van der Waals surface area contributed by atoms with E-state index in [4.69, 9.17) is 20.9 Å². The van der Waals surface area contributed by atoms with E-state index in [0.717, 1.165) is 6.42 Å². The Morgan fingerprint density at radius 3 is 2.24 bits per heavy atom. The molecule has 0 fully saturated rings. The highest BCUT2D eigenvalue weighted by Gasteiger charge is 2.16. The lowest BCUT2D eigenvalue weighted by Crippen LogP contribution is -2.04. The van der Waals surface area contributed by atoms with Crippen molar-refractivity contribution in [3.8, 4) is 11.5 Å². The second-order valence-electron chi connectivity index (χ2n) is 4.93. The van der Waals surface area contributed by atoms with Gasteiger partial charge in [-0.2, -0.15) is 0 Å². The van der Waals surface area contributed by atoms with Gasteiger partial charge in [-0.15, -0.1) is 0 Å². The van der Waals surface area contributed by atoms with Crippen LogP contribution < -0.4 is 20.9 Å². The highest BCUT2D eigenvalue weighted by atomic mass is 16.5. The molecular weight excluding hydrogens is 268 g/mol. The number of anilines is 2. The van der Waals surface area contributed by atoms with Crippen molar-refractivity contribution >= 4 is 17.2 Å². The molecular formula is C16H16N2O3. The van der Waals surface area contributed by atoms with Crippen molar-refractivity contribution in [2.24, 2.45) is 0 Å². The predicted molar refractivity (Wildman–Crippen MR) is 80.7 cm³/mol. The summed E-state index contributed by atoms with van der Waals surface area (Å²) in [4.78, 5) is 12.5. The Balaban J connectivity index is 1.96. The Bertz CT molecular complexity index is 678. The molecule has 0 radical (unpaired) electrons. The summed E-state index contributed by atoms with van der Waals surface area (Å²) < 4.78 is 11.1. The fourth-order valence-corrected chi connectivity index (χ4v) is 2.28. The number of hydrogen-bond acceptors (Lipinski definition) is 5. The Kier molecular flexibility index (Phi) is 3.39. The van der Waals surface area contributed by atoms with E-state index in [2.05, 4.69) is 0 Å². The standard InChI is InChI=1S/C16H16N2O3/c17-12-6-11(7-13(18)9-12)16(19)10-2-3-14-15(8-10)21-5-1-4-20-14/h2-3,6-9H,1,4-5,17-18H2. The van der Waals surface area contributed by atoms with Crippen LogP contribution >= 0.6 is 0 Å². The number of carbonyl (C=O) groups is 1. The molecule has 1 aliphatic rings. The summed E-state index contributed by atoms with van der Waals surface area (Å²) in [6.07, 6.45) is 0.823. The number of carbonyl (C=O) groups excluding carboxylic acids is 1. The van der Waals surface area contributed by atoms with Crippen molar-refractivity contribution in [2.45, 2.75) is 6.42 Å². The zero-order chi connectivity index (χ0) is 14.8. The zero-order valence-electron chi connectivity index (χ0n) is 11.5. The van der Waals surface area contributed by atoms with Crippen molar-refractivity contribution < 1.29 is 14.3 Å². The molecule has 0 amide bonds. The topological polar surface area (TPSA) is 87.6 Å². The van der Waals surface area contributed by atoms with Crippen LogP contribution in [0.25, 0.3) is 0 Å². The van der Waals surface area contributed by atoms with Crippen LogP contribution in [0.1, 0.15) is 22.3 Å². The SMILES string of the molecule is Nc1cc(N)cc(C(=O)c2ccc3c(c2)OCCCO3)c1. The molecule has 0 bridgehead atoms. The first-order valence-corrected chi connectivity index (χ1v) is 6.74. The van der Waals surface area contributed by atoms with E-state index < -0.39 is 0 Å². The van der Waals surface area contributed by atoms with E-state index in [0.29, 0.717) is 47.2 Å². The maximum absolute atomic E-state index is 12.5. The van der Waals surface area contributed by atoms with Crippen molar-refractivity contribution in [3.05, 3.63) is 47.5 Å². The smallest absolute Gasteiger partial charge is 0.193 e. The molecule has 1 heterocycles. The van der Waals surface area contributed by atoms with Crippen LogP contribution in [0, 0.1) is 0 Å². The van der Waals surface area contributed by atoms with Gasteiger partial charge in [0.25, 0.3) is 0 Å². The summed E-state index contributed by atoms with van der Waals surface area (Å²) in [6.45, 7) is 1.20. The molecule has 2 aromatic rings. The van der Waals surface area contributed by atoms with Crippen LogP contribution in [0.2, 0.25) is 0 Å². The summed E-state index contributed by atoms with van der Waals surface area (Å²) in [6, 6.07) is 10.0. The largest absolute Gasteiger partial charge is 0.490 e. The second-order valence-corrected chi connectivity index (χ2v) is 4.93. The fraction of sp³-hybridized carbons (Fsp3) is 0.188. The zero-order valence-corrected chi connectivity index (χ0v) is 11.5. The van der Waals surface area contributed by atoms with Gasteiger partial charge in [-0.1, -0.05) is 0 Å². The number of fused-ring (bicyclic) bond motifs is 1. The summed E-state index contributed by atoms with van der Waals surface area (Å²) in [5.74, 6) is 1.11. The van der Waals surface area contributed by atoms with Crippen LogP contribution in [-0.2, 0) is 0 Å². The number of nitrogen functional groups attached to an aromatic ring is 2. The lowest BCUT2D eigenvalue weighted by molar-refractivity contribution is 0.103. The second kappa shape index (κ2) is 5.36. The van der Waals surface area contributed by atoms with E-state index in [9.17, 15) is 4.79 Å². The van der Waals surface area contributed by atoms with Gasteiger partial charge in [-0.25, -0.2) is 0 Å². The van der Waals surface area contributed by atoms with Gasteiger partial charge in [-0.05, 0) is 36.4 Å². The summed E-state index contributed by atoms with van der Waals surface area (Å²) in [5, 5.41) is 0.